The minimum atomic E-state index is -1.29. The number of imide groups is 1. The molecule has 1 aliphatic rings. The monoisotopic (exact) mass is 322 g/mol. The van der Waals surface area contributed by atoms with E-state index in [0.717, 1.165) is 11.8 Å². The van der Waals surface area contributed by atoms with Crippen LogP contribution in [-0.4, -0.2) is 48.2 Å². The number of methoxy groups -OCH3 is 1. The maximum atomic E-state index is 12.3. The predicted molar refractivity (Wildman–Crippen MR) is 78.2 cm³/mol. The highest BCUT2D eigenvalue weighted by atomic mass is 32.2. The molecule has 1 aromatic rings. The van der Waals surface area contributed by atoms with E-state index in [1.807, 2.05) is 0 Å². The van der Waals surface area contributed by atoms with Crippen molar-refractivity contribution in [1.82, 2.24) is 4.90 Å². The first-order valence-corrected chi connectivity index (χ1v) is 7.72. The van der Waals surface area contributed by atoms with Crippen LogP contribution >= 0.6 is 11.8 Å². The quantitative estimate of drug-likeness (QED) is 0.530. The fraction of sp³-hybridized carbons (Fsp3) is 0.400. The van der Waals surface area contributed by atoms with Crippen molar-refractivity contribution < 1.29 is 24.2 Å². The van der Waals surface area contributed by atoms with Gasteiger partial charge in [0.1, 0.15) is 0 Å². The minimum Gasteiger partial charge on any atom is -0.545 e. The SMILES string of the molecule is COCCCN1C(=O)C[C@@H](Sc2ccccc2C(=O)[O-])C1=O. The largest absolute Gasteiger partial charge is 0.545 e. The number of hydrogen-bond acceptors (Lipinski definition) is 6. The highest BCUT2D eigenvalue weighted by molar-refractivity contribution is 8.00. The number of carboxylic acids is 1. The number of nitrogens with zero attached hydrogens (tertiary/aromatic N) is 1. The molecule has 1 aromatic carbocycles. The van der Waals surface area contributed by atoms with Gasteiger partial charge in [0.25, 0.3) is 0 Å². The van der Waals surface area contributed by atoms with Crippen molar-refractivity contribution in [2.75, 3.05) is 20.3 Å². The summed E-state index contributed by atoms with van der Waals surface area (Å²) in [6.45, 7) is 0.799. The van der Waals surface area contributed by atoms with Crippen LogP contribution in [0.1, 0.15) is 23.2 Å². The number of carbonyl (C=O) groups is 3. The van der Waals surface area contributed by atoms with Gasteiger partial charge in [0.2, 0.25) is 11.8 Å². The van der Waals surface area contributed by atoms with Gasteiger partial charge in [-0.05, 0) is 12.5 Å². The maximum Gasteiger partial charge on any atom is 0.243 e. The normalized spacial score (nSPS) is 18.0. The predicted octanol–water partition coefficient (Wildman–Crippen LogP) is 0.306. The molecule has 2 rings (SSSR count). The van der Waals surface area contributed by atoms with Crippen LogP contribution in [0.2, 0.25) is 0 Å². The molecule has 1 saturated heterocycles. The molecule has 1 atom stereocenters. The average Bonchev–Trinajstić information content (AvgIpc) is 2.75. The molecular formula is C15H16NO5S-. The average molecular weight is 322 g/mol. The second-order valence-corrected chi connectivity index (χ2v) is 6.07. The smallest absolute Gasteiger partial charge is 0.243 e. The summed E-state index contributed by atoms with van der Waals surface area (Å²) in [5, 5.41) is 10.5. The molecule has 6 nitrogen and oxygen atoms in total. The zero-order valence-electron chi connectivity index (χ0n) is 12.1. The van der Waals surface area contributed by atoms with E-state index in [4.69, 9.17) is 4.74 Å². The van der Waals surface area contributed by atoms with Crippen LogP contribution in [-0.2, 0) is 14.3 Å². The zero-order chi connectivity index (χ0) is 16.1. The van der Waals surface area contributed by atoms with Gasteiger partial charge in [-0.1, -0.05) is 18.2 Å². The minimum absolute atomic E-state index is 0.0329. The van der Waals surface area contributed by atoms with Crippen LogP contribution in [0.4, 0.5) is 0 Å². The number of ether oxygens (including phenoxy) is 1. The summed E-state index contributed by atoms with van der Waals surface area (Å²) in [4.78, 5) is 36.9. The third-order valence-corrected chi connectivity index (χ3v) is 4.57. The molecule has 0 unspecified atom stereocenters. The summed E-state index contributed by atoms with van der Waals surface area (Å²) in [7, 11) is 1.56. The van der Waals surface area contributed by atoms with Gasteiger partial charge in [0.15, 0.2) is 0 Å². The summed E-state index contributed by atoms with van der Waals surface area (Å²) in [6.07, 6.45) is 0.666. The molecular weight excluding hydrogens is 306 g/mol. The van der Waals surface area contributed by atoms with Crippen molar-refractivity contribution in [2.45, 2.75) is 23.0 Å². The molecule has 118 valence electrons. The molecule has 0 saturated carbocycles. The summed E-state index contributed by atoms with van der Waals surface area (Å²) < 4.78 is 4.91. The van der Waals surface area contributed by atoms with E-state index in [1.165, 1.54) is 11.0 Å². The second kappa shape index (κ2) is 7.42. The highest BCUT2D eigenvalue weighted by Gasteiger charge is 2.38. The lowest BCUT2D eigenvalue weighted by atomic mass is 10.2. The van der Waals surface area contributed by atoms with E-state index in [-0.39, 0.29) is 23.8 Å². The lowest BCUT2D eigenvalue weighted by Gasteiger charge is -2.15. The number of benzene rings is 1. The van der Waals surface area contributed by atoms with Gasteiger partial charge < -0.3 is 14.6 Å². The number of carbonyl (C=O) groups excluding carboxylic acids is 3. The Hall–Kier alpha value is -1.86. The Bertz CT molecular complexity index is 589. The zero-order valence-corrected chi connectivity index (χ0v) is 12.9. The third kappa shape index (κ3) is 3.66. The van der Waals surface area contributed by atoms with Gasteiger partial charge in [-0.25, -0.2) is 0 Å². The van der Waals surface area contributed by atoms with Gasteiger partial charge in [0, 0.05) is 37.1 Å². The summed E-state index contributed by atoms with van der Waals surface area (Å²) in [5.74, 6) is -1.80. The topological polar surface area (TPSA) is 86.7 Å². The van der Waals surface area contributed by atoms with Crippen molar-refractivity contribution >= 4 is 29.5 Å². The lowest BCUT2D eigenvalue weighted by molar-refractivity contribution is -0.255. The molecule has 1 heterocycles. The van der Waals surface area contributed by atoms with E-state index in [9.17, 15) is 19.5 Å². The molecule has 0 aliphatic carbocycles. The van der Waals surface area contributed by atoms with Crippen LogP contribution in [0.25, 0.3) is 0 Å². The van der Waals surface area contributed by atoms with Gasteiger partial charge in [-0.2, -0.15) is 0 Å². The summed E-state index contributed by atoms with van der Waals surface area (Å²) >= 11 is 1.10. The van der Waals surface area contributed by atoms with E-state index in [2.05, 4.69) is 0 Å². The van der Waals surface area contributed by atoms with E-state index < -0.39 is 11.2 Å². The van der Waals surface area contributed by atoms with Gasteiger partial charge in [-0.3, -0.25) is 14.5 Å². The lowest BCUT2D eigenvalue weighted by Crippen LogP contribution is -2.32. The van der Waals surface area contributed by atoms with E-state index >= 15 is 0 Å². The van der Waals surface area contributed by atoms with Crippen LogP contribution in [0.3, 0.4) is 0 Å². The second-order valence-electron chi connectivity index (χ2n) is 4.82. The molecule has 0 N–H and O–H groups in total. The number of aromatic carboxylic acids is 1. The molecule has 0 radical (unpaired) electrons. The van der Waals surface area contributed by atoms with E-state index in [0.29, 0.717) is 24.5 Å². The number of hydrogen-bond donors (Lipinski definition) is 0. The molecule has 0 aromatic heterocycles. The molecule has 0 bridgehead atoms. The first kappa shape index (κ1) is 16.5. The Morgan fingerprint density at radius 3 is 2.82 bits per heavy atom. The Kier molecular flexibility index (Phi) is 5.57. The number of likely N-dealkylation sites (tertiary alicyclic amines) is 1. The van der Waals surface area contributed by atoms with Crippen molar-refractivity contribution in [3.8, 4) is 0 Å². The molecule has 22 heavy (non-hydrogen) atoms. The summed E-state index contributed by atoms with van der Waals surface area (Å²) in [5.41, 5.74) is 0.0329. The number of amides is 2. The molecule has 1 aliphatic heterocycles. The van der Waals surface area contributed by atoms with Crippen LogP contribution in [0.5, 0.6) is 0 Å². The molecule has 1 fully saturated rings. The van der Waals surface area contributed by atoms with Crippen molar-refractivity contribution in [3.63, 3.8) is 0 Å². The Morgan fingerprint density at radius 2 is 2.14 bits per heavy atom. The third-order valence-electron chi connectivity index (χ3n) is 3.31. The Morgan fingerprint density at radius 1 is 1.41 bits per heavy atom. The standard InChI is InChI=1S/C15H17NO5S/c1-21-8-4-7-16-13(17)9-12(14(16)18)22-11-6-3-2-5-10(11)15(19)20/h2-3,5-6,12H,4,7-9H2,1H3,(H,19,20)/p-1/t12-/m1/s1. The van der Waals surface area contributed by atoms with Crippen LogP contribution in [0.15, 0.2) is 29.2 Å². The van der Waals surface area contributed by atoms with E-state index in [1.54, 1.807) is 25.3 Å². The highest BCUT2D eigenvalue weighted by Crippen LogP contribution is 2.33. The fourth-order valence-electron chi connectivity index (χ4n) is 2.24. The number of carboxylic acid groups (broad SMARTS) is 1. The first-order chi connectivity index (χ1) is 10.5. The Labute approximate surface area is 132 Å². The van der Waals surface area contributed by atoms with Gasteiger partial charge in [0.05, 0.1) is 11.2 Å². The first-order valence-electron chi connectivity index (χ1n) is 6.84. The van der Waals surface area contributed by atoms with Crippen molar-refractivity contribution in [1.29, 1.82) is 0 Å². The maximum absolute atomic E-state index is 12.3. The number of rotatable bonds is 7. The molecule has 2 amide bonds. The van der Waals surface area contributed by atoms with Crippen LogP contribution in [0, 0.1) is 0 Å². The van der Waals surface area contributed by atoms with Gasteiger partial charge in [-0.15, -0.1) is 11.8 Å². The van der Waals surface area contributed by atoms with Gasteiger partial charge >= 0.3 is 0 Å². The number of thioether (sulfide) groups is 1. The van der Waals surface area contributed by atoms with Crippen LogP contribution < -0.4 is 5.11 Å². The fourth-order valence-corrected chi connectivity index (χ4v) is 3.43. The Balaban J connectivity index is 2.07. The van der Waals surface area contributed by atoms with Crippen molar-refractivity contribution in [3.05, 3.63) is 29.8 Å². The van der Waals surface area contributed by atoms with Crippen molar-refractivity contribution in [2.24, 2.45) is 0 Å². The molecule has 0 spiro atoms. The molecule has 7 heteroatoms. The summed E-state index contributed by atoms with van der Waals surface area (Å²) in [6, 6.07) is 6.32.